The molecule has 0 aliphatic carbocycles. The first-order valence-electron chi connectivity index (χ1n) is 7.80. The maximum Gasteiger partial charge on any atom is 0.239 e. The molecule has 0 radical (unpaired) electrons. The van der Waals surface area contributed by atoms with Crippen molar-refractivity contribution in [3.8, 4) is 12.3 Å². The van der Waals surface area contributed by atoms with Crippen LogP contribution in [0.1, 0.15) is 17.0 Å². The lowest BCUT2D eigenvalue weighted by Gasteiger charge is -2.12. The number of benzene rings is 2. The smallest absolute Gasteiger partial charge is 0.239 e. The molecule has 0 fully saturated rings. The standard InChI is InChI=1S/C19H17NOS.2CH3Cl/c1-2-18(16-11-7-4-8-12-16)19(21)20-14-17(22)13-15-9-5-3-6-10-15;2*1-2/h1,3-12,18H,13-14H2,(H,20,21);2*1H3. The first kappa shape index (κ1) is 24.1. The highest BCUT2D eigenvalue weighted by molar-refractivity contribution is 7.80. The summed E-state index contributed by atoms with van der Waals surface area (Å²) in [6.07, 6.45) is 9.11. The largest absolute Gasteiger partial charge is 0.350 e. The van der Waals surface area contributed by atoms with Crippen molar-refractivity contribution in [2.75, 3.05) is 19.3 Å². The second kappa shape index (κ2) is 15.4. The molecule has 2 aromatic rings. The molecular weight excluding hydrogens is 385 g/mol. The fourth-order valence-corrected chi connectivity index (χ4v) is 2.38. The summed E-state index contributed by atoms with van der Waals surface area (Å²) in [7, 11) is 0. The van der Waals surface area contributed by atoms with Crippen LogP contribution in [0.2, 0.25) is 0 Å². The number of carbonyl (C=O) groups excluding carboxylic acids is 1. The number of hydrogen-bond acceptors (Lipinski definition) is 2. The van der Waals surface area contributed by atoms with E-state index in [1.807, 2.05) is 60.7 Å². The summed E-state index contributed by atoms with van der Waals surface area (Å²) >= 11 is 14.6. The third kappa shape index (κ3) is 9.01. The van der Waals surface area contributed by atoms with Gasteiger partial charge >= 0.3 is 0 Å². The van der Waals surface area contributed by atoms with E-state index < -0.39 is 5.92 Å². The fraction of sp³-hybridized carbons (Fsp3) is 0.238. The van der Waals surface area contributed by atoms with Crippen LogP contribution in [-0.4, -0.2) is 30.1 Å². The number of carbonyl (C=O) groups is 1. The predicted octanol–water partition coefficient (Wildman–Crippen LogP) is 4.84. The predicted molar refractivity (Wildman–Crippen MR) is 117 cm³/mol. The molecule has 26 heavy (non-hydrogen) atoms. The SMILES string of the molecule is C#CC(C(=O)NCC(=S)Cc1ccccc1)c1ccccc1.CCl.CCl. The van der Waals surface area contributed by atoms with Gasteiger partial charge in [0.15, 0.2) is 0 Å². The molecule has 0 aliphatic rings. The summed E-state index contributed by atoms with van der Waals surface area (Å²) in [5.41, 5.74) is 1.95. The molecule has 2 rings (SSSR count). The van der Waals surface area contributed by atoms with Gasteiger partial charge in [0.2, 0.25) is 5.91 Å². The molecule has 1 N–H and O–H groups in total. The average Bonchev–Trinajstić information content (AvgIpc) is 2.72. The van der Waals surface area contributed by atoms with Crippen LogP contribution < -0.4 is 5.32 Å². The zero-order valence-corrected chi connectivity index (χ0v) is 17.2. The van der Waals surface area contributed by atoms with Crippen LogP contribution in [0.25, 0.3) is 0 Å². The Kier molecular flexibility index (Phi) is 14.3. The lowest BCUT2D eigenvalue weighted by molar-refractivity contribution is -0.121. The quantitative estimate of drug-likeness (QED) is 0.421. The van der Waals surface area contributed by atoms with Crippen molar-refractivity contribution in [2.24, 2.45) is 0 Å². The third-order valence-corrected chi connectivity index (χ3v) is 3.55. The van der Waals surface area contributed by atoms with Crippen molar-refractivity contribution in [1.29, 1.82) is 0 Å². The molecule has 0 saturated carbocycles. The van der Waals surface area contributed by atoms with Crippen molar-refractivity contribution in [1.82, 2.24) is 5.32 Å². The molecule has 1 atom stereocenters. The number of rotatable bonds is 6. The van der Waals surface area contributed by atoms with E-state index >= 15 is 0 Å². The molecule has 0 spiro atoms. The van der Waals surface area contributed by atoms with E-state index in [0.29, 0.717) is 13.0 Å². The van der Waals surface area contributed by atoms with E-state index in [9.17, 15) is 4.79 Å². The van der Waals surface area contributed by atoms with Crippen LogP contribution in [0.15, 0.2) is 60.7 Å². The minimum Gasteiger partial charge on any atom is -0.350 e. The highest BCUT2D eigenvalue weighted by Crippen LogP contribution is 2.14. The van der Waals surface area contributed by atoms with Gasteiger partial charge in [-0.1, -0.05) is 78.8 Å². The summed E-state index contributed by atoms with van der Waals surface area (Å²) in [6.45, 7) is 0.355. The maximum atomic E-state index is 12.2. The van der Waals surface area contributed by atoms with E-state index in [2.05, 4.69) is 34.4 Å². The van der Waals surface area contributed by atoms with E-state index in [1.54, 1.807) is 0 Å². The minimum absolute atomic E-state index is 0.191. The average molecular weight is 408 g/mol. The van der Waals surface area contributed by atoms with Gasteiger partial charge in [0.1, 0.15) is 5.92 Å². The molecule has 1 amide bonds. The van der Waals surface area contributed by atoms with Gasteiger partial charge in [-0.25, -0.2) is 0 Å². The van der Waals surface area contributed by atoms with Crippen LogP contribution in [-0.2, 0) is 11.2 Å². The van der Waals surface area contributed by atoms with E-state index in [0.717, 1.165) is 16.0 Å². The molecule has 2 aromatic carbocycles. The summed E-state index contributed by atoms with van der Waals surface area (Å²) in [6, 6.07) is 19.3. The van der Waals surface area contributed by atoms with E-state index in [-0.39, 0.29) is 5.91 Å². The first-order chi connectivity index (χ1) is 12.7. The van der Waals surface area contributed by atoms with Gasteiger partial charge in [-0.05, 0) is 11.1 Å². The van der Waals surface area contributed by atoms with Gasteiger partial charge in [-0.3, -0.25) is 4.79 Å². The third-order valence-electron chi connectivity index (χ3n) is 3.27. The Morgan fingerprint density at radius 2 is 1.54 bits per heavy atom. The van der Waals surface area contributed by atoms with E-state index in [4.69, 9.17) is 18.6 Å². The fourth-order valence-electron chi connectivity index (χ4n) is 2.14. The lowest BCUT2D eigenvalue weighted by Crippen LogP contribution is -2.33. The Balaban J connectivity index is 0.00000146. The highest BCUT2D eigenvalue weighted by atomic mass is 35.5. The Bertz CT molecular complexity index is 684. The number of thiocarbonyl (C=S) groups is 1. The van der Waals surface area contributed by atoms with Crippen LogP contribution in [0, 0.1) is 12.3 Å². The van der Waals surface area contributed by atoms with Crippen LogP contribution in [0.4, 0.5) is 0 Å². The van der Waals surface area contributed by atoms with Crippen molar-refractivity contribution >= 4 is 46.2 Å². The normalized spacial score (nSPS) is 9.96. The van der Waals surface area contributed by atoms with Crippen molar-refractivity contribution < 1.29 is 4.79 Å². The van der Waals surface area contributed by atoms with Crippen molar-refractivity contribution in [3.63, 3.8) is 0 Å². The van der Waals surface area contributed by atoms with Gasteiger partial charge in [-0.15, -0.1) is 29.6 Å². The monoisotopic (exact) mass is 407 g/mol. The molecule has 1 unspecified atom stereocenters. The van der Waals surface area contributed by atoms with Crippen LogP contribution >= 0.6 is 35.4 Å². The first-order valence-corrected chi connectivity index (χ1v) is 9.72. The maximum absolute atomic E-state index is 12.2. The number of halogens is 2. The molecule has 138 valence electrons. The van der Waals surface area contributed by atoms with Crippen LogP contribution in [0.3, 0.4) is 0 Å². The minimum atomic E-state index is -0.583. The Morgan fingerprint density at radius 3 is 2.04 bits per heavy atom. The second-order valence-electron chi connectivity index (χ2n) is 4.93. The summed E-state index contributed by atoms with van der Waals surface area (Å²) in [5, 5.41) is 2.83. The number of amides is 1. The van der Waals surface area contributed by atoms with Gasteiger partial charge < -0.3 is 5.32 Å². The Hall–Kier alpha value is -1.86. The summed E-state index contributed by atoms with van der Waals surface area (Å²) in [4.78, 5) is 13.0. The topological polar surface area (TPSA) is 29.1 Å². The van der Waals surface area contributed by atoms with Gasteiger partial charge in [-0.2, -0.15) is 0 Å². The van der Waals surface area contributed by atoms with Gasteiger partial charge in [0.25, 0.3) is 0 Å². The Morgan fingerprint density at radius 1 is 1.04 bits per heavy atom. The molecule has 5 heteroatoms. The molecule has 0 aliphatic heterocycles. The zero-order chi connectivity index (χ0) is 19.8. The molecule has 2 nitrogen and oxygen atoms in total. The van der Waals surface area contributed by atoms with Gasteiger partial charge in [0.05, 0.1) is 0 Å². The Labute approximate surface area is 171 Å². The van der Waals surface area contributed by atoms with Crippen molar-refractivity contribution in [2.45, 2.75) is 12.3 Å². The van der Waals surface area contributed by atoms with E-state index in [1.165, 1.54) is 12.8 Å². The summed E-state index contributed by atoms with van der Waals surface area (Å²) in [5.74, 6) is 1.76. The number of hydrogen-bond donors (Lipinski definition) is 1. The number of alkyl halides is 2. The zero-order valence-electron chi connectivity index (χ0n) is 14.9. The lowest BCUT2D eigenvalue weighted by atomic mass is 9.99. The molecule has 0 bridgehead atoms. The van der Waals surface area contributed by atoms with Crippen LogP contribution in [0.5, 0.6) is 0 Å². The second-order valence-corrected chi connectivity index (χ2v) is 5.51. The molecule has 0 saturated heterocycles. The number of terminal acetylenes is 1. The molecule has 0 aromatic heterocycles. The van der Waals surface area contributed by atoms with Gasteiger partial charge in [0, 0.05) is 30.6 Å². The van der Waals surface area contributed by atoms with Crippen molar-refractivity contribution in [3.05, 3.63) is 71.8 Å². The summed E-state index contributed by atoms with van der Waals surface area (Å²) < 4.78 is 0. The highest BCUT2D eigenvalue weighted by Gasteiger charge is 2.17. The number of nitrogens with one attached hydrogen (secondary N) is 1. The molecular formula is C21H23Cl2NOS. The molecule has 0 heterocycles.